The zero-order valence-corrected chi connectivity index (χ0v) is 35.2. The van der Waals surface area contributed by atoms with Crippen LogP contribution in [0.1, 0.15) is 91.8 Å². The third-order valence-corrected chi connectivity index (χ3v) is 7.33. The summed E-state index contributed by atoms with van der Waals surface area (Å²) in [7, 11) is 0. The molecular formula is C36H54ClN9O12. The van der Waals surface area contributed by atoms with Crippen molar-refractivity contribution in [2.75, 3.05) is 19.7 Å². The number of carbonyl (C=O) groups excluding carboxylic acids is 5. The highest BCUT2D eigenvalue weighted by Gasteiger charge is 2.40. The van der Waals surface area contributed by atoms with E-state index in [0.29, 0.717) is 36.0 Å². The predicted molar refractivity (Wildman–Crippen MR) is 207 cm³/mol. The van der Waals surface area contributed by atoms with Gasteiger partial charge in [0.05, 0.1) is 75.1 Å². The third-order valence-electron chi connectivity index (χ3n) is 7.01. The van der Waals surface area contributed by atoms with Gasteiger partial charge in [0.25, 0.3) is 11.5 Å². The number of hydrogen-bond acceptors (Lipinski definition) is 15. The van der Waals surface area contributed by atoms with Crippen molar-refractivity contribution in [2.24, 2.45) is 11.7 Å². The summed E-state index contributed by atoms with van der Waals surface area (Å²) in [6, 6.07) is 0. The minimum atomic E-state index is -0.877. The Hall–Kier alpha value is -5.86. The summed E-state index contributed by atoms with van der Waals surface area (Å²) in [4.78, 5) is 97.6. The van der Waals surface area contributed by atoms with E-state index in [9.17, 15) is 28.8 Å². The summed E-state index contributed by atoms with van der Waals surface area (Å²) < 4.78 is 20.3. The van der Waals surface area contributed by atoms with Crippen LogP contribution in [0.3, 0.4) is 0 Å². The lowest BCUT2D eigenvalue weighted by Crippen LogP contribution is -2.36. The fourth-order valence-corrected chi connectivity index (χ4v) is 5.01. The lowest BCUT2D eigenvalue weighted by Gasteiger charge is -2.23. The number of Topliss-reactive ketones (excluding diaryl/α,β-unsaturated/α-hetero) is 1. The molecule has 0 aromatic carbocycles. The molecule has 0 radical (unpaired) electrons. The van der Waals surface area contributed by atoms with E-state index in [1.54, 1.807) is 53.4 Å². The molecule has 21 nitrogen and oxygen atoms in total. The largest absolute Gasteiger partial charge is 0.481 e. The molecule has 1 saturated heterocycles. The van der Waals surface area contributed by atoms with Gasteiger partial charge in [-0.05, 0) is 62.3 Å². The number of nitrogens with zero attached hydrogens (tertiary/aromatic N) is 6. The highest BCUT2D eigenvalue weighted by Crippen LogP contribution is 2.26. The Balaban J connectivity index is 0.000000402. The predicted octanol–water partition coefficient (Wildman–Crippen LogP) is 3.64. The number of halogens is 1. The number of aliphatic carboxylic acids is 1. The monoisotopic (exact) mass is 839 g/mol. The van der Waals surface area contributed by atoms with Crippen molar-refractivity contribution >= 4 is 53.9 Å². The maximum absolute atomic E-state index is 11.8. The van der Waals surface area contributed by atoms with Gasteiger partial charge in [0.15, 0.2) is 5.78 Å². The Labute approximate surface area is 341 Å². The maximum atomic E-state index is 11.8. The molecule has 3 amide bonds. The number of carboxylic acids is 1. The number of ketones is 1. The molecule has 3 aliphatic rings. The first-order valence-corrected chi connectivity index (χ1v) is 18.3. The highest BCUT2D eigenvalue weighted by atomic mass is 35.5. The lowest BCUT2D eigenvalue weighted by atomic mass is 10.1. The topological polar surface area (TPSA) is 291 Å². The quantitative estimate of drug-likeness (QED) is 0.0857. The summed E-state index contributed by atoms with van der Waals surface area (Å²) in [5, 5.41) is 13.7. The highest BCUT2D eigenvalue weighted by molar-refractivity contribution is 6.30. The van der Waals surface area contributed by atoms with E-state index >= 15 is 0 Å². The molecule has 2 aromatic heterocycles. The van der Waals surface area contributed by atoms with Gasteiger partial charge in [0.1, 0.15) is 28.6 Å². The van der Waals surface area contributed by atoms with Gasteiger partial charge in [-0.2, -0.15) is 0 Å². The Kier molecular flexibility index (Phi) is 19.7. The molecule has 2 aromatic rings. The Morgan fingerprint density at radius 3 is 1.84 bits per heavy atom. The van der Waals surface area contributed by atoms with Crippen molar-refractivity contribution in [1.82, 2.24) is 34.6 Å². The van der Waals surface area contributed by atoms with Crippen LogP contribution in [0.15, 0.2) is 17.4 Å². The van der Waals surface area contributed by atoms with Crippen LogP contribution in [-0.4, -0.2) is 119 Å². The van der Waals surface area contributed by atoms with Gasteiger partial charge in [-0.1, -0.05) is 11.6 Å². The average molecular weight is 840 g/mol. The Morgan fingerprint density at radius 2 is 1.38 bits per heavy atom. The van der Waals surface area contributed by atoms with Crippen LogP contribution < -0.4 is 11.3 Å². The van der Waals surface area contributed by atoms with Crippen LogP contribution in [0.4, 0.5) is 14.4 Å². The second kappa shape index (κ2) is 22.8. The summed E-state index contributed by atoms with van der Waals surface area (Å²) >= 11 is 5.92. The van der Waals surface area contributed by atoms with Gasteiger partial charge in [0.2, 0.25) is 0 Å². The van der Waals surface area contributed by atoms with Gasteiger partial charge < -0.3 is 34.8 Å². The number of H-pyrrole nitrogens is 1. The number of likely N-dealkylation sites (tertiary alicyclic amines) is 1. The number of carboxylic acid groups (broad SMARTS) is 1. The molecule has 5 heterocycles. The van der Waals surface area contributed by atoms with Crippen molar-refractivity contribution in [3.8, 4) is 0 Å². The van der Waals surface area contributed by atoms with E-state index in [0.717, 1.165) is 24.5 Å². The molecule has 0 aliphatic carbocycles. The van der Waals surface area contributed by atoms with E-state index in [1.807, 2.05) is 13.8 Å². The number of ether oxygens (including phenoxy) is 4. The smallest absolute Gasteiger partial charge is 0.410 e. The average Bonchev–Trinajstić information content (AvgIpc) is 3.82. The van der Waals surface area contributed by atoms with Crippen LogP contribution in [0, 0.1) is 11.3 Å². The molecule has 5 rings (SSSR count). The molecule has 3 aliphatic heterocycles. The van der Waals surface area contributed by atoms with Gasteiger partial charge in [-0.3, -0.25) is 39.3 Å². The van der Waals surface area contributed by atoms with Crippen molar-refractivity contribution in [2.45, 2.75) is 113 Å². The van der Waals surface area contributed by atoms with E-state index in [-0.39, 0.29) is 49.8 Å². The van der Waals surface area contributed by atoms with E-state index in [4.69, 9.17) is 45.9 Å². The Bertz CT molecular complexity index is 1820. The van der Waals surface area contributed by atoms with Gasteiger partial charge in [0, 0.05) is 19.0 Å². The van der Waals surface area contributed by atoms with Crippen LogP contribution in [0.2, 0.25) is 5.15 Å². The molecule has 1 atom stereocenters. The Morgan fingerprint density at radius 1 is 0.897 bits per heavy atom. The zero-order valence-electron chi connectivity index (χ0n) is 34.4. The van der Waals surface area contributed by atoms with Gasteiger partial charge in [-0.25, -0.2) is 29.3 Å². The standard InChI is InChI=1S/C12H19NO5.C11H15N3O3.C10H12ClN3O2.C2H4O2.CH4N2/c1-5-17-10(15)8-6-13(7-9(8)14)11(16)18-12(2,3)4;1-11(2,3)17-10(16)14-4-7-8(5-14)12-6-13-9(7)15;1-6(2)16-10(15)14-3-7-8(4-14)12-5-13-9(7)11;1-2(3)4;2-1-3/h8H,5-7H2,1-4H3;6H,4-5H2,1-3H3,(H,12,13,15);5-6H,3-4H2,1-2H3;1H3,(H,3,4);1H,(H3,2,3). The third kappa shape index (κ3) is 17.5. The van der Waals surface area contributed by atoms with Crippen molar-refractivity contribution < 1.29 is 52.8 Å². The minimum Gasteiger partial charge on any atom is -0.481 e. The molecule has 5 N–H and O–H groups in total. The molecule has 0 spiro atoms. The molecule has 22 heteroatoms. The summed E-state index contributed by atoms with van der Waals surface area (Å²) in [6.07, 6.45) is 2.03. The second-order valence-electron chi connectivity index (χ2n) is 14.7. The minimum absolute atomic E-state index is 0.0343. The first kappa shape index (κ1) is 50.2. The summed E-state index contributed by atoms with van der Waals surface area (Å²) in [6.45, 7) is 18.6. The molecular weight excluding hydrogens is 786 g/mol. The number of carbonyl (C=O) groups is 6. The van der Waals surface area contributed by atoms with E-state index in [2.05, 4.69) is 25.7 Å². The lowest BCUT2D eigenvalue weighted by molar-refractivity contribution is -0.149. The fourth-order valence-electron chi connectivity index (χ4n) is 4.80. The molecule has 322 valence electrons. The van der Waals surface area contributed by atoms with Crippen molar-refractivity contribution in [1.29, 1.82) is 5.41 Å². The van der Waals surface area contributed by atoms with Crippen molar-refractivity contribution in [3.05, 3.63) is 50.7 Å². The van der Waals surface area contributed by atoms with Crippen LogP contribution >= 0.6 is 11.6 Å². The molecule has 58 heavy (non-hydrogen) atoms. The van der Waals surface area contributed by atoms with Crippen LogP contribution in [0.25, 0.3) is 0 Å². The van der Waals surface area contributed by atoms with E-state index < -0.39 is 41.2 Å². The number of aromatic amines is 1. The molecule has 0 bridgehead atoms. The number of amides is 3. The summed E-state index contributed by atoms with van der Waals surface area (Å²) in [5.74, 6) is -2.59. The van der Waals surface area contributed by atoms with Crippen LogP contribution in [0.5, 0.6) is 0 Å². The first-order chi connectivity index (χ1) is 26.8. The van der Waals surface area contributed by atoms with Crippen molar-refractivity contribution in [3.63, 3.8) is 0 Å². The fraction of sp³-hybridized carbons (Fsp3) is 0.583. The number of aromatic nitrogens is 4. The molecule has 1 unspecified atom stereocenters. The number of nitrogens with one attached hydrogen (secondary N) is 2. The number of esters is 1. The summed E-state index contributed by atoms with van der Waals surface area (Å²) in [5.41, 5.74) is 5.82. The van der Waals surface area contributed by atoms with Gasteiger partial charge in [-0.15, -0.1) is 0 Å². The number of nitrogens with two attached hydrogens (primary N) is 1. The van der Waals surface area contributed by atoms with E-state index in [1.165, 1.54) is 22.5 Å². The zero-order chi connectivity index (χ0) is 44.5. The normalized spacial score (nSPS) is 15.0. The SMILES string of the molecule is CC(=O)O.CC(C)(C)OC(=O)N1Cc2nc[nH]c(=O)c2C1.CC(C)OC(=O)N1Cc2ncnc(Cl)c2C1.CCOC(=O)C1CN(C(=O)OC(C)(C)C)CC1=O.N=CN. The second-order valence-corrected chi connectivity index (χ2v) is 15.0. The van der Waals surface area contributed by atoms with Gasteiger partial charge >= 0.3 is 24.2 Å². The number of rotatable bonds is 3. The molecule has 1 fully saturated rings. The van der Waals surface area contributed by atoms with Crippen LogP contribution in [-0.2, 0) is 59.5 Å². The number of hydrogen-bond donors (Lipinski definition) is 4. The first-order valence-electron chi connectivity index (χ1n) is 17.9. The number of fused-ring (bicyclic) bond motifs is 2. The molecule has 0 saturated carbocycles. The maximum Gasteiger partial charge on any atom is 0.410 e.